The van der Waals surface area contributed by atoms with E-state index in [0.717, 1.165) is 5.56 Å². The quantitative estimate of drug-likeness (QED) is 0.350. The van der Waals surface area contributed by atoms with Gasteiger partial charge in [0.25, 0.3) is 5.91 Å². The van der Waals surface area contributed by atoms with Gasteiger partial charge in [0.05, 0.1) is 28.6 Å². The average molecular weight is 481 g/mol. The third-order valence-corrected chi connectivity index (χ3v) is 5.69. The van der Waals surface area contributed by atoms with Crippen molar-refractivity contribution in [1.82, 2.24) is 0 Å². The van der Waals surface area contributed by atoms with Crippen LogP contribution in [0.1, 0.15) is 25.0 Å². The highest BCUT2D eigenvalue weighted by molar-refractivity contribution is 6.33. The SMILES string of the molecule is CCOc1cc(/C=C2/C(=O)N(c3ccccc3)N=C2C)cc(Cl)c1OCc1ccccc1Cl. The molecule has 3 aromatic rings. The summed E-state index contributed by atoms with van der Waals surface area (Å²) in [6, 6.07) is 20.3. The Morgan fingerprint density at radius 3 is 2.42 bits per heavy atom. The molecule has 0 radical (unpaired) electrons. The van der Waals surface area contributed by atoms with E-state index < -0.39 is 0 Å². The first-order valence-corrected chi connectivity index (χ1v) is 11.2. The Balaban J connectivity index is 1.62. The number of amides is 1. The summed E-state index contributed by atoms with van der Waals surface area (Å²) in [6.07, 6.45) is 1.76. The molecule has 0 N–H and O–H groups in total. The summed E-state index contributed by atoms with van der Waals surface area (Å²) in [7, 11) is 0. The van der Waals surface area contributed by atoms with Crippen LogP contribution in [0.5, 0.6) is 11.5 Å². The molecule has 0 bridgehead atoms. The predicted octanol–water partition coefficient (Wildman–Crippen LogP) is 6.78. The zero-order valence-electron chi connectivity index (χ0n) is 18.2. The highest BCUT2D eigenvalue weighted by Crippen LogP contribution is 2.38. The first kappa shape index (κ1) is 22.9. The molecule has 168 valence electrons. The molecule has 1 aliphatic rings. The van der Waals surface area contributed by atoms with E-state index in [1.807, 2.05) is 61.5 Å². The first-order chi connectivity index (χ1) is 16.0. The van der Waals surface area contributed by atoms with Crippen LogP contribution in [0.4, 0.5) is 5.69 Å². The molecule has 1 aliphatic heterocycles. The zero-order valence-corrected chi connectivity index (χ0v) is 19.7. The minimum Gasteiger partial charge on any atom is -0.490 e. The molecule has 0 aliphatic carbocycles. The Morgan fingerprint density at radius 1 is 0.970 bits per heavy atom. The van der Waals surface area contributed by atoms with Crippen molar-refractivity contribution in [2.45, 2.75) is 20.5 Å². The number of rotatable bonds is 7. The molecule has 0 saturated heterocycles. The van der Waals surface area contributed by atoms with Crippen molar-refractivity contribution in [3.8, 4) is 11.5 Å². The summed E-state index contributed by atoms with van der Waals surface area (Å²) in [5.74, 6) is 0.713. The predicted molar refractivity (Wildman–Crippen MR) is 133 cm³/mol. The molecule has 33 heavy (non-hydrogen) atoms. The fourth-order valence-electron chi connectivity index (χ4n) is 3.43. The van der Waals surface area contributed by atoms with Gasteiger partial charge in [0.1, 0.15) is 6.61 Å². The Bertz CT molecular complexity index is 1240. The summed E-state index contributed by atoms with van der Waals surface area (Å²) in [4.78, 5) is 13.0. The lowest BCUT2D eigenvalue weighted by Crippen LogP contribution is -2.21. The molecule has 3 aromatic carbocycles. The number of benzene rings is 3. The van der Waals surface area contributed by atoms with Crippen LogP contribution in [0.15, 0.2) is 77.4 Å². The van der Waals surface area contributed by atoms with Crippen molar-refractivity contribution < 1.29 is 14.3 Å². The molecule has 0 fully saturated rings. The zero-order chi connectivity index (χ0) is 23.4. The van der Waals surface area contributed by atoms with Gasteiger partial charge >= 0.3 is 0 Å². The lowest BCUT2D eigenvalue weighted by molar-refractivity contribution is -0.114. The second kappa shape index (κ2) is 10.1. The van der Waals surface area contributed by atoms with Crippen LogP contribution in [0.3, 0.4) is 0 Å². The maximum absolute atomic E-state index is 13.0. The number of nitrogens with zero attached hydrogens (tertiary/aromatic N) is 2. The number of para-hydroxylation sites is 1. The van der Waals surface area contributed by atoms with Crippen molar-refractivity contribution in [2.75, 3.05) is 11.6 Å². The van der Waals surface area contributed by atoms with Crippen LogP contribution < -0.4 is 14.5 Å². The van der Waals surface area contributed by atoms with Crippen molar-refractivity contribution >= 4 is 46.6 Å². The van der Waals surface area contributed by atoms with Gasteiger partial charge in [0.15, 0.2) is 11.5 Å². The smallest absolute Gasteiger partial charge is 0.280 e. The third-order valence-electron chi connectivity index (χ3n) is 5.04. The van der Waals surface area contributed by atoms with E-state index in [2.05, 4.69) is 5.10 Å². The van der Waals surface area contributed by atoms with E-state index in [4.69, 9.17) is 32.7 Å². The Labute approximate surface area is 202 Å². The highest BCUT2D eigenvalue weighted by atomic mass is 35.5. The van der Waals surface area contributed by atoms with Gasteiger partial charge in [-0.2, -0.15) is 10.1 Å². The molecule has 0 saturated carbocycles. The van der Waals surface area contributed by atoms with Crippen LogP contribution in [0, 0.1) is 0 Å². The van der Waals surface area contributed by atoms with E-state index in [1.54, 1.807) is 25.1 Å². The van der Waals surface area contributed by atoms with Crippen LogP contribution in [0.2, 0.25) is 10.0 Å². The minimum atomic E-state index is -0.202. The fraction of sp³-hybridized carbons (Fsp3) is 0.154. The van der Waals surface area contributed by atoms with Gasteiger partial charge in [-0.25, -0.2) is 0 Å². The average Bonchev–Trinajstić information content (AvgIpc) is 3.09. The minimum absolute atomic E-state index is 0.202. The van der Waals surface area contributed by atoms with E-state index in [1.165, 1.54) is 5.01 Å². The summed E-state index contributed by atoms with van der Waals surface area (Å²) in [6.45, 7) is 4.36. The molecule has 0 spiro atoms. The van der Waals surface area contributed by atoms with Crippen LogP contribution in [-0.2, 0) is 11.4 Å². The second-order valence-electron chi connectivity index (χ2n) is 7.34. The number of hydrogen-bond donors (Lipinski definition) is 0. The molecule has 7 heteroatoms. The van der Waals surface area contributed by atoms with Crippen molar-refractivity contribution in [3.05, 3.63) is 93.5 Å². The number of carbonyl (C=O) groups is 1. The number of carbonyl (C=O) groups excluding carboxylic acids is 1. The van der Waals surface area contributed by atoms with Crippen LogP contribution >= 0.6 is 23.2 Å². The molecule has 5 nitrogen and oxygen atoms in total. The summed E-state index contributed by atoms with van der Waals surface area (Å²) in [5.41, 5.74) is 3.37. The maximum Gasteiger partial charge on any atom is 0.280 e. The van der Waals surface area contributed by atoms with Gasteiger partial charge in [-0.15, -0.1) is 0 Å². The number of anilines is 1. The van der Waals surface area contributed by atoms with E-state index >= 15 is 0 Å². The Hall–Kier alpha value is -3.28. The summed E-state index contributed by atoms with van der Waals surface area (Å²) >= 11 is 12.8. The third kappa shape index (κ3) is 5.05. The van der Waals surface area contributed by atoms with E-state index in [9.17, 15) is 4.79 Å². The van der Waals surface area contributed by atoms with Gasteiger partial charge < -0.3 is 9.47 Å². The lowest BCUT2D eigenvalue weighted by Gasteiger charge is -2.15. The number of hydrazone groups is 1. The van der Waals surface area contributed by atoms with Crippen LogP contribution in [0.25, 0.3) is 6.08 Å². The molecular formula is C26H22Cl2N2O3. The largest absolute Gasteiger partial charge is 0.490 e. The highest BCUT2D eigenvalue weighted by Gasteiger charge is 2.28. The van der Waals surface area contributed by atoms with Gasteiger partial charge in [0.2, 0.25) is 0 Å². The first-order valence-electron chi connectivity index (χ1n) is 10.5. The topological polar surface area (TPSA) is 51.1 Å². The standard InChI is InChI=1S/C26H22Cl2N2O3/c1-3-32-24-15-18(14-23(28)25(24)33-16-19-9-7-8-12-22(19)27)13-21-17(2)29-30(26(21)31)20-10-5-4-6-11-20/h4-15H,3,16H2,1-2H3/b21-13+. The van der Waals surface area contributed by atoms with Crippen molar-refractivity contribution in [3.63, 3.8) is 0 Å². The number of ether oxygens (including phenoxy) is 2. The van der Waals surface area contributed by atoms with Gasteiger partial charge in [-0.05, 0) is 55.8 Å². The molecule has 0 aromatic heterocycles. The monoisotopic (exact) mass is 480 g/mol. The molecule has 4 rings (SSSR count). The van der Waals surface area contributed by atoms with E-state index in [0.29, 0.717) is 50.7 Å². The summed E-state index contributed by atoms with van der Waals surface area (Å²) in [5, 5.41) is 6.81. The summed E-state index contributed by atoms with van der Waals surface area (Å²) < 4.78 is 11.8. The van der Waals surface area contributed by atoms with Gasteiger partial charge in [-0.3, -0.25) is 4.79 Å². The second-order valence-corrected chi connectivity index (χ2v) is 8.15. The molecule has 1 heterocycles. The van der Waals surface area contributed by atoms with Gasteiger partial charge in [0, 0.05) is 10.6 Å². The molecule has 0 atom stereocenters. The van der Waals surface area contributed by atoms with Gasteiger partial charge in [-0.1, -0.05) is 59.6 Å². The molecule has 1 amide bonds. The number of hydrogen-bond acceptors (Lipinski definition) is 4. The number of halogens is 2. The maximum atomic E-state index is 13.0. The Kier molecular flexibility index (Phi) is 7.02. The lowest BCUT2D eigenvalue weighted by atomic mass is 10.1. The van der Waals surface area contributed by atoms with Crippen LogP contribution in [-0.4, -0.2) is 18.2 Å². The normalized spacial score (nSPS) is 14.5. The van der Waals surface area contributed by atoms with Crippen molar-refractivity contribution in [2.24, 2.45) is 5.10 Å². The molecule has 0 unspecified atom stereocenters. The van der Waals surface area contributed by atoms with Crippen molar-refractivity contribution in [1.29, 1.82) is 0 Å². The van der Waals surface area contributed by atoms with E-state index in [-0.39, 0.29) is 12.5 Å². The molecular weight excluding hydrogens is 459 g/mol. The Morgan fingerprint density at radius 2 is 1.70 bits per heavy atom. The fourth-order valence-corrected chi connectivity index (χ4v) is 3.90.